The SMILES string of the molecule is CCn1c(=O)c(C)nc2cc(C(=O)NC(C)c3ccc(Cl)cc3Cl)ccc21. The second kappa shape index (κ2) is 7.71. The number of hydrogen-bond donors (Lipinski definition) is 1. The molecule has 3 aromatic rings. The quantitative estimate of drug-likeness (QED) is 0.695. The van der Waals surface area contributed by atoms with Crippen molar-refractivity contribution in [3.63, 3.8) is 0 Å². The first-order chi connectivity index (χ1) is 12.8. The van der Waals surface area contributed by atoms with Gasteiger partial charge in [0.1, 0.15) is 5.69 Å². The molecule has 0 saturated carbocycles. The van der Waals surface area contributed by atoms with Crippen LogP contribution >= 0.6 is 23.2 Å². The molecule has 0 fully saturated rings. The van der Waals surface area contributed by atoms with E-state index < -0.39 is 0 Å². The molecule has 140 valence electrons. The Hall–Kier alpha value is -2.37. The third-order valence-corrected chi connectivity index (χ3v) is 5.03. The van der Waals surface area contributed by atoms with Crippen LogP contribution in [0.4, 0.5) is 0 Å². The lowest BCUT2D eigenvalue weighted by molar-refractivity contribution is 0.0940. The van der Waals surface area contributed by atoms with E-state index in [9.17, 15) is 9.59 Å². The minimum absolute atomic E-state index is 0.117. The molecule has 7 heteroatoms. The van der Waals surface area contributed by atoms with Crippen molar-refractivity contribution in [1.29, 1.82) is 0 Å². The predicted molar refractivity (Wildman–Crippen MR) is 109 cm³/mol. The fourth-order valence-electron chi connectivity index (χ4n) is 3.04. The highest BCUT2D eigenvalue weighted by Gasteiger charge is 2.16. The molecule has 1 heterocycles. The summed E-state index contributed by atoms with van der Waals surface area (Å²) in [7, 11) is 0. The molecule has 0 radical (unpaired) electrons. The van der Waals surface area contributed by atoms with E-state index in [-0.39, 0.29) is 17.5 Å². The summed E-state index contributed by atoms with van der Waals surface area (Å²) in [6, 6.07) is 10.0. The average Bonchev–Trinajstić information content (AvgIpc) is 2.62. The summed E-state index contributed by atoms with van der Waals surface area (Å²) in [4.78, 5) is 29.2. The summed E-state index contributed by atoms with van der Waals surface area (Å²) in [5.74, 6) is -0.246. The maximum Gasteiger partial charge on any atom is 0.272 e. The molecular formula is C20H19Cl2N3O2. The van der Waals surface area contributed by atoms with Crippen LogP contribution in [0.25, 0.3) is 11.0 Å². The van der Waals surface area contributed by atoms with Gasteiger partial charge >= 0.3 is 0 Å². The van der Waals surface area contributed by atoms with Gasteiger partial charge in [0.2, 0.25) is 0 Å². The van der Waals surface area contributed by atoms with Gasteiger partial charge in [-0.05, 0) is 56.7 Å². The van der Waals surface area contributed by atoms with Gasteiger partial charge in [-0.3, -0.25) is 9.59 Å². The Morgan fingerprint density at radius 2 is 1.96 bits per heavy atom. The van der Waals surface area contributed by atoms with Crippen molar-refractivity contribution in [2.24, 2.45) is 0 Å². The van der Waals surface area contributed by atoms with Crippen molar-refractivity contribution < 1.29 is 4.79 Å². The zero-order valence-electron chi connectivity index (χ0n) is 15.2. The summed E-state index contributed by atoms with van der Waals surface area (Å²) < 4.78 is 1.65. The number of aromatic nitrogens is 2. The topological polar surface area (TPSA) is 64.0 Å². The number of nitrogens with zero attached hydrogens (tertiary/aromatic N) is 2. The lowest BCUT2D eigenvalue weighted by atomic mass is 10.1. The minimum Gasteiger partial charge on any atom is -0.345 e. The van der Waals surface area contributed by atoms with Crippen molar-refractivity contribution in [1.82, 2.24) is 14.9 Å². The number of aryl methyl sites for hydroxylation is 2. The Morgan fingerprint density at radius 3 is 2.63 bits per heavy atom. The largest absolute Gasteiger partial charge is 0.345 e. The molecule has 3 rings (SSSR count). The van der Waals surface area contributed by atoms with E-state index in [4.69, 9.17) is 23.2 Å². The first-order valence-corrected chi connectivity index (χ1v) is 9.34. The van der Waals surface area contributed by atoms with Gasteiger partial charge in [0.25, 0.3) is 11.5 Å². The summed E-state index contributed by atoms with van der Waals surface area (Å²) in [6.07, 6.45) is 0. The molecule has 27 heavy (non-hydrogen) atoms. The van der Waals surface area contributed by atoms with Crippen molar-refractivity contribution in [3.05, 3.63) is 73.6 Å². The predicted octanol–water partition coefficient (Wildman–Crippen LogP) is 4.52. The summed E-state index contributed by atoms with van der Waals surface area (Å²) in [5, 5.41) is 3.97. The Balaban J connectivity index is 1.91. The molecular weight excluding hydrogens is 385 g/mol. The van der Waals surface area contributed by atoms with Crippen LogP contribution in [0.15, 0.2) is 41.2 Å². The average molecular weight is 404 g/mol. The molecule has 0 aliphatic heterocycles. The lowest BCUT2D eigenvalue weighted by Gasteiger charge is -2.16. The monoisotopic (exact) mass is 403 g/mol. The maximum atomic E-state index is 12.7. The molecule has 0 saturated heterocycles. The highest BCUT2D eigenvalue weighted by Crippen LogP contribution is 2.26. The molecule has 0 aliphatic rings. The number of hydrogen-bond acceptors (Lipinski definition) is 3. The van der Waals surface area contributed by atoms with Crippen LogP contribution in [0.5, 0.6) is 0 Å². The van der Waals surface area contributed by atoms with E-state index in [2.05, 4.69) is 10.3 Å². The van der Waals surface area contributed by atoms with E-state index in [1.54, 1.807) is 47.9 Å². The van der Waals surface area contributed by atoms with Crippen LogP contribution in [0.3, 0.4) is 0 Å². The molecule has 0 spiro atoms. The van der Waals surface area contributed by atoms with Gasteiger partial charge in [0.15, 0.2) is 0 Å². The Morgan fingerprint density at radius 1 is 1.22 bits per heavy atom. The van der Waals surface area contributed by atoms with Crippen molar-refractivity contribution in [2.45, 2.75) is 33.4 Å². The normalized spacial score (nSPS) is 12.2. The number of amides is 1. The molecule has 1 N–H and O–H groups in total. The van der Waals surface area contributed by atoms with Crippen LogP contribution in [-0.4, -0.2) is 15.5 Å². The van der Waals surface area contributed by atoms with Crippen LogP contribution in [0, 0.1) is 6.92 Å². The number of carbonyl (C=O) groups is 1. The summed E-state index contributed by atoms with van der Waals surface area (Å²) in [6.45, 7) is 5.96. The minimum atomic E-state index is -0.294. The molecule has 5 nitrogen and oxygen atoms in total. The zero-order chi connectivity index (χ0) is 19.7. The number of carbonyl (C=O) groups excluding carboxylic acids is 1. The van der Waals surface area contributed by atoms with Gasteiger partial charge in [0.05, 0.1) is 17.1 Å². The zero-order valence-corrected chi connectivity index (χ0v) is 16.7. The highest BCUT2D eigenvalue weighted by atomic mass is 35.5. The highest BCUT2D eigenvalue weighted by molar-refractivity contribution is 6.35. The van der Waals surface area contributed by atoms with E-state index >= 15 is 0 Å². The summed E-state index contributed by atoms with van der Waals surface area (Å²) >= 11 is 12.1. The van der Waals surface area contributed by atoms with E-state index in [1.165, 1.54) is 0 Å². The van der Waals surface area contributed by atoms with Crippen molar-refractivity contribution in [3.8, 4) is 0 Å². The Kier molecular flexibility index (Phi) is 5.53. The molecule has 0 bridgehead atoms. The molecule has 1 atom stereocenters. The molecule has 1 amide bonds. The smallest absolute Gasteiger partial charge is 0.272 e. The molecule has 1 aromatic heterocycles. The number of rotatable bonds is 4. The first-order valence-electron chi connectivity index (χ1n) is 8.58. The van der Waals surface area contributed by atoms with Gasteiger partial charge in [-0.1, -0.05) is 29.3 Å². The van der Waals surface area contributed by atoms with Gasteiger partial charge < -0.3 is 9.88 Å². The second-order valence-electron chi connectivity index (χ2n) is 6.31. The van der Waals surface area contributed by atoms with Crippen LogP contribution in [0.1, 0.15) is 41.5 Å². The summed E-state index contributed by atoms with van der Waals surface area (Å²) in [5.41, 5.74) is 2.85. The number of benzene rings is 2. The molecule has 1 unspecified atom stereocenters. The van der Waals surface area contributed by atoms with Crippen molar-refractivity contribution >= 4 is 40.1 Å². The third-order valence-electron chi connectivity index (χ3n) is 4.46. The van der Waals surface area contributed by atoms with E-state index in [1.807, 2.05) is 13.8 Å². The lowest BCUT2D eigenvalue weighted by Crippen LogP contribution is -2.27. The van der Waals surface area contributed by atoms with Gasteiger partial charge in [-0.25, -0.2) is 4.98 Å². The standard InChI is InChI=1S/C20H19Cl2N3O2/c1-4-25-18-8-5-13(9-17(18)23-12(3)20(25)27)19(26)24-11(2)15-7-6-14(21)10-16(15)22/h5-11H,4H2,1-3H3,(H,24,26). The Labute approximate surface area is 166 Å². The number of fused-ring (bicyclic) bond motifs is 1. The number of halogens is 2. The van der Waals surface area contributed by atoms with E-state index in [0.29, 0.717) is 38.9 Å². The number of nitrogens with one attached hydrogen (secondary N) is 1. The fraction of sp³-hybridized carbons (Fsp3) is 0.250. The van der Waals surface area contributed by atoms with Crippen LogP contribution in [0.2, 0.25) is 10.0 Å². The van der Waals surface area contributed by atoms with Crippen LogP contribution in [-0.2, 0) is 6.54 Å². The Bertz CT molecular complexity index is 1090. The van der Waals surface area contributed by atoms with Gasteiger partial charge in [-0.2, -0.15) is 0 Å². The second-order valence-corrected chi connectivity index (χ2v) is 7.15. The van der Waals surface area contributed by atoms with Crippen molar-refractivity contribution in [2.75, 3.05) is 0 Å². The maximum absolute atomic E-state index is 12.7. The van der Waals surface area contributed by atoms with E-state index in [0.717, 1.165) is 5.56 Å². The molecule has 0 aliphatic carbocycles. The van der Waals surface area contributed by atoms with Crippen LogP contribution < -0.4 is 10.9 Å². The van der Waals surface area contributed by atoms with Gasteiger partial charge in [0, 0.05) is 22.2 Å². The molecule has 2 aromatic carbocycles. The first kappa shape index (κ1) is 19.4. The third kappa shape index (κ3) is 3.84. The van der Waals surface area contributed by atoms with Gasteiger partial charge in [-0.15, -0.1) is 0 Å². The fourth-order valence-corrected chi connectivity index (χ4v) is 3.61.